The van der Waals surface area contributed by atoms with Crippen molar-refractivity contribution in [2.75, 3.05) is 13.2 Å². The minimum Gasteiger partial charge on any atom is -0.462 e. The van der Waals surface area contributed by atoms with Crippen molar-refractivity contribution in [3.05, 3.63) is 0 Å². The lowest BCUT2D eigenvalue weighted by atomic mass is 10.1. The number of hydrogen-bond donors (Lipinski definition) is 0. The van der Waals surface area contributed by atoms with E-state index in [2.05, 4.69) is 0 Å². The van der Waals surface area contributed by atoms with Crippen LogP contribution >= 0.6 is 0 Å². The predicted octanol–water partition coefficient (Wildman–Crippen LogP) is 1.36. The summed E-state index contributed by atoms with van der Waals surface area (Å²) in [4.78, 5) is 11.1. The van der Waals surface area contributed by atoms with E-state index in [9.17, 15) is 4.79 Å². The zero-order valence-electron chi connectivity index (χ0n) is 7.71. The maximum Gasteiger partial charge on any atom is 0.308 e. The second-order valence-corrected chi connectivity index (χ2v) is 3.40. The summed E-state index contributed by atoms with van der Waals surface area (Å²) in [6, 6.07) is 0. The second-order valence-electron chi connectivity index (χ2n) is 3.40. The molecule has 1 rings (SSSR count). The molecule has 0 atom stereocenters. The first-order valence-electron chi connectivity index (χ1n) is 4.48. The highest BCUT2D eigenvalue weighted by atomic mass is 16.6. The molecule has 1 saturated heterocycles. The van der Waals surface area contributed by atoms with Crippen molar-refractivity contribution in [1.82, 2.24) is 0 Å². The fourth-order valence-electron chi connectivity index (χ4n) is 1.09. The lowest BCUT2D eigenvalue weighted by molar-refractivity contribution is -0.156. The second kappa shape index (κ2) is 4.45. The van der Waals surface area contributed by atoms with Gasteiger partial charge in [-0.2, -0.15) is 0 Å². The van der Waals surface area contributed by atoms with Gasteiger partial charge < -0.3 is 9.47 Å². The SMILES string of the molecule is CC(C)C(=O)OC1CCOCC1. The number of carbonyl (C=O) groups excluding carboxylic acids is 1. The van der Waals surface area contributed by atoms with Gasteiger partial charge in [0.25, 0.3) is 0 Å². The van der Waals surface area contributed by atoms with Crippen molar-refractivity contribution in [2.24, 2.45) is 5.92 Å². The van der Waals surface area contributed by atoms with Crippen LogP contribution in [0.1, 0.15) is 26.7 Å². The minimum absolute atomic E-state index is 0.0205. The van der Waals surface area contributed by atoms with E-state index in [1.165, 1.54) is 0 Å². The normalized spacial score (nSPS) is 19.6. The van der Waals surface area contributed by atoms with Crippen molar-refractivity contribution in [2.45, 2.75) is 32.8 Å². The molecule has 1 heterocycles. The summed E-state index contributed by atoms with van der Waals surface area (Å²) < 4.78 is 10.4. The van der Waals surface area contributed by atoms with Crippen LogP contribution in [0.25, 0.3) is 0 Å². The van der Waals surface area contributed by atoms with E-state index >= 15 is 0 Å². The van der Waals surface area contributed by atoms with Gasteiger partial charge in [-0.25, -0.2) is 0 Å². The number of carbonyl (C=O) groups is 1. The van der Waals surface area contributed by atoms with E-state index in [0.29, 0.717) is 0 Å². The largest absolute Gasteiger partial charge is 0.462 e. The Kier molecular flexibility index (Phi) is 3.53. The first kappa shape index (κ1) is 9.52. The lowest BCUT2D eigenvalue weighted by Crippen LogP contribution is -2.27. The van der Waals surface area contributed by atoms with Crippen LogP contribution in [-0.4, -0.2) is 25.3 Å². The van der Waals surface area contributed by atoms with Gasteiger partial charge in [-0.1, -0.05) is 13.8 Å². The average Bonchev–Trinajstić information content (AvgIpc) is 2.06. The Balaban J connectivity index is 2.24. The molecule has 0 N–H and O–H groups in total. The predicted molar refractivity (Wildman–Crippen MR) is 44.8 cm³/mol. The molecule has 0 aromatic carbocycles. The third-order valence-electron chi connectivity index (χ3n) is 1.92. The van der Waals surface area contributed by atoms with Crippen LogP contribution in [0, 0.1) is 5.92 Å². The van der Waals surface area contributed by atoms with E-state index in [4.69, 9.17) is 9.47 Å². The zero-order chi connectivity index (χ0) is 8.97. The van der Waals surface area contributed by atoms with Crippen LogP contribution in [0.5, 0.6) is 0 Å². The number of esters is 1. The molecule has 1 fully saturated rings. The molecule has 0 saturated carbocycles. The summed E-state index contributed by atoms with van der Waals surface area (Å²) in [7, 11) is 0. The van der Waals surface area contributed by atoms with Crippen LogP contribution in [0.4, 0.5) is 0 Å². The Bertz CT molecular complexity index is 148. The number of rotatable bonds is 2. The zero-order valence-corrected chi connectivity index (χ0v) is 7.71. The van der Waals surface area contributed by atoms with Crippen LogP contribution in [0.3, 0.4) is 0 Å². The first-order valence-corrected chi connectivity index (χ1v) is 4.48. The highest BCUT2D eigenvalue weighted by Crippen LogP contribution is 2.12. The van der Waals surface area contributed by atoms with Gasteiger partial charge in [0.15, 0.2) is 0 Å². The van der Waals surface area contributed by atoms with Gasteiger partial charge in [-0.05, 0) is 0 Å². The van der Waals surface area contributed by atoms with Gasteiger partial charge in [-0.3, -0.25) is 4.79 Å². The Morgan fingerprint density at radius 2 is 2.00 bits per heavy atom. The molecule has 0 aliphatic carbocycles. The van der Waals surface area contributed by atoms with Crippen molar-refractivity contribution < 1.29 is 14.3 Å². The van der Waals surface area contributed by atoms with Crippen molar-refractivity contribution in [3.8, 4) is 0 Å². The van der Waals surface area contributed by atoms with E-state index in [-0.39, 0.29) is 18.0 Å². The molecule has 3 nitrogen and oxygen atoms in total. The molecule has 0 spiro atoms. The fraction of sp³-hybridized carbons (Fsp3) is 0.889. The van der Waals surface area contributed by atoms with Crippen molar-refractivity contribution in [1.29, 1.82) is 0 Å². The molecule has 1 aliphatic heterocycles. The van der Waals surface area contributed by atoms with Gasteiger partial charge in [0, 0.05) is 12.8 Å². The highest BCUT2D eigenvalue weighted by molar-refractivity contribution is 5.71. The molecule has 1 aliphatic rings. The Labute approximate surface area is 73.0 Å². The van der Waals surface area contributed by atoms with Crippen LogP contribution in [0.15, 0.2) is 0 Å². The summed E-state index contributed by atoms with van der Waals surface area (Å²) in [6.45, 7) is 5.13. The Morgan fingerprint density at radius 1 is 1.42 bits per heavy atom. The van der Waals surface area contributed by atoms with E-state index in [0.717, 1.165) is 26.1 Å². The van der Waals surface area contributed by atoms with E-state index in [1.54, 1.807) is 0 Å². The molecule has 0 bridgehead atoms. The summed E-state index contributed by atoms with van der Waals surface area (Å²) in [5.74, 6) is -0.116. The molecule has 0 aromatic rings. The molecule has 70 valence electrons. The van der Waals surface area contributed by atoms with Crippen molar-refractivity contribution in [3.63, 3.8) is 0 Å². The molecule has 12 heavy (non-hydrogen) atoms. The summed E-state index contributed by atoms with van der Waals surface area (Å²) in [6.07, 6.45) is 1.78. The van der Waals surface area contributed by atoms with Crippen molar-refractivity contribution >= 4 is 5.97 Å². The van der Waals surface area contributed by atoms with Crippen LogP contribution in [-0.2, 0) is 14.3 Å². The molecule has 0 unspecified atom stereocenters. The van der Waals surface area contributed by atoms with Gasteiger partial charge in [0.2, 0.25) is 0 Å². The quantitative estimate of drug-likeness (QED) is 0.590. The molecule has 3 heteroatoms. The topological polar surface area (TPSA) is 35.5 Å². The molecule has 0 radical (unpaired) electrons. The summed E-state index contributed by atoms with van der Waals surface area (Å²) in [5.41, 5.74) is 0. The van der Waals surface area contributed by atoms with E-state index < -0.39 is 0 Å². The van der Waals surface area contributed by atoms with Gasteiger partial charge in [0.05, 0.1) is 19.1 Å². The number of hydrogen-bond acceptors (Lipinski definition) is 3. The summed E-state index contributed by atoms with van der Waals surface area (Å²) in [5, 5.41) is 0. The first-order chi connectivity index (χ1) is 5.70. The molecule has 0 amide bonds. The third kappa shape index (κ3) is 2.81. The highest BCUT2D eigenvalue weighted by Gasteiger charge is 2.19. The van der Waals surface area contributed by atoms with Crippen LogP contribution in [0.2, 0.25) is 0 Å². The average molecular weight is 172 g/mol. The molecular formula is C9H16O3. The number of ether oxygens (including phenoxy) is 2. The monoisotopic (exact) mass is 172 g/mol. The van der Waals surface area contributed by atoms with Gasteiger partial charge in [0.1, 0.15) is 6.10 Å². The molecular weight excluding hydrogens is 156 g/mol. The summed E-state index contributed by atoms with van der Waals surface area (Å²) >= 11 is 0. The van der Waals surface area contributed by atoms with Gasteiger partial charge >= 0.3 is 5.97 Å². The maximum absolute atomic E-state index is 11.1. The van der Waals surface area contributed by atoms with E-state index in [1.807, 2.05) is 13.8 Å². The van der Waals surface area contributed by atoms with Gasteiger partial charge in [-0.15, -0.1) is 0 Å². The Morgan fingerprint density at radius 3 is 2.50 bits per heavy atom. The smallest absolute Gasteiger partial charge is 0.308 e. The minimum atomic E-state index is -0.0955. The molecule has 0 aromatic heterocycles. The lowest BCUT2D eigenvalue weighted by Gasteiger charge is -2.22. The van der Waals surface area contributed by atoms with Crippen LogP contribution < -0.4 is 0 Å². The Hall–Kier alpha value is -0.570. The maximum atomic E-state index is 11.1. The fourth-order valence-corrected chi connectivity index (χ4v) is 1.09. The third-order valence-corrected chi connectivity index (χ3v) is 1.92. The standard InChI is InChI=1S/C9H16O3/c1-7(2)9(10)12-8-3-5-11-6-4-8/h7-8H,3-6H2,1-2H3.